The van der Waals surface area contributed by atoms with Crippen LogP contribution in [-0.2, 0) is 33.2 Å². The molecule has 0 aliphatic carbocycles. The van der Waals surface area contributed by atoms with Crippen LogP contribution in [0.4, 0.5) is 0 Å². The molecule has 426 valence electrons. The second-order valence-electron chi connectivity index (χ2n) is 19.0. The summed E-state index contributed by atoms with van der Waals surface area (Å²) < 4.78 is 34.3. The zero-order chi connectivity index (χ0) is 54.4. The molecule has 2 rings (SSSR count). The Morgan fingerprint density at radius 1 is 0.440 bits per heavy atom. The van der Waals surface area contributed by atoms with Crippen molar-refractivity contribution in [2.24, 2.45) is 0 Å². The Morgan fingerprint density at radius 2 is 0.827 bits per heavy atom. The van der Waals surface area contributed by atoms with Crippen molar-refractivity contribution < 1.29 is 69.0 Å². The van der Waals surface area contributed by atoms with E-state index in [2.05, 4.69) is 135 Å². The first-order valence-corrected chi connectivity index (χ1v) is 28.1. The monoisotopic (exact) mass is 1050 g/mol. The fraction of sp³-hybridized carbons (Fsp3) is 0.656. The molecular formula is C61H98O14. The van der Waals surface area contributed by atoms with E-state index < -0.39 is 86.7 Å². The number of allylic oxidation sites excluding steroid dienone is 20. The lowest BCUT2D eigenvalue weighted by molar-refractivity contribution is -0.332. The van der Waals surface area contributed by atoms with Crippen molar-refractivity contribution in [2.75, 3.05) is 33.0 Å². The van der Waals surface area contributed by atoms with Crippen LogP contribution in [0.2, 0.25) is 0 Å². The average Bonchev–Trinajstić information content (AvgIpc) is 3.41. The van der Waals surface area contributed by atoms with Crippen LogP contribution in [0.25, 0.3) is 0 Å². The van der Waals surface area contributed by atoms with Crippen LogP contribution in [0.3, 0.4) is 0 Å². The third-order valence-corrected chi connectivity index (χ3v) is 12.5. The highest BCUT2D eigenvalue weighted by Crippen LogP contribution is 2.26. The molecule has 2 heterocycles. The molecule has 2 aliphatic heterocycles. The SMILES string of the molecule is CC/C=C\C/C=C\C/C=C\C/C=C\C/C=C\C/C=C\C/C=C\CCCCOCC(COC1OC(COC2OC(CO)C(O)C(O)C2O)C(O)C(O)C1O)OC(=O)CCCCCCCCC/C=C\C/C=C\C/C=C\CC. The number of aliphatic hydroxyl groups is 7. The molecule has 14 heteroatoms. The highest BCUT2D eigenvalue weighted by molar-refractivity contribution is 5.69. The predicted octanol–water partition coefficient (Wildman–Crippen LogP) is 9.74. The molecule has 0 amide bonds. The third kappa shape index (κ3) is 33.3. The smallest absolute Gasteiger partial charge is 0.306 e. The van der Waals surface area contributed by atoms with Gasteiger partial charge in [-0.1, -0.05) is 167 Å². The molecule has 0 radical (unpaired) electrons. The van der Waals surface area contributed by atoms with Crippen LogP contribution in [-0.4, -0.2) is 142 Å². The van der Waals surface area contributed by atoms with E-state index in [1.807, 2.05) is 0 Å². The summed E-state index contributed by atoms with van der Waals surface area (Å²) in [6.07, 6.45) is 48.3. The van der Waals surface area contributed by atoms with Gasteiger partial charge in [0.25, 0.3) is 0 Å². The number of ether oxygens (including phenoxy) is 6. The molecule has 0 spiro atoms. The number of carbonyl (C=O) groups excluding carboxylic acids is 1. The van der Waals surface area contributed by atoms with E-state index in [4.69, 9.17) is 28.4 Å². The molecule has 0 bridgehead atoms. The van der Waals surface area contributed by atoms with Gasteiger partial charge in [-0.3, -0.25) is 4.79 Å². The zero-order valence-electron chi connectivity index (χ0n) is 45.5. The summed E-state index contributed by atoms with van der Waals surface area (Å²) in [4.78, 5) is 13.1. The second-order valence-corrected chi connectivity index (χ2v) is 19.0. The Labute approximate surface area is 450 Å². The van der Waals surface area contributed by atoms with Gasteiger partial charge < -0.3 is 64.2 Å². The molecular weight excluding hydrogens is 957 g/mol. The second kappa shape index (κ2) is 46.5. The van der Waals surface area contributed by atoms with Crippen LogP contribution in [0, 0.1) is 0 Å². The summed E-state index contributed by atoms with van der Waals surface area (Å²) in [5, 5.41) is 72.3. The van der Waals surface area contributed by atoms with Crippen molar-refractivity contribution in [1.82, 2.24) is 0 Å². The summed E-state index contributed by atoms with van der Waals surface area (Å²) >= 11 is 0. The van der Waals surface area contributed by atoms with Crippen molar-refractivity contribution in [1.29, 1.82) is 0 Å². The average molecular weight is 1060 g/mol. The summed E-state index contributed by atoms with van der Waals surface area (Å²) in [5.41, 5.74) is 0. The minimum Gasteiger partial charge on any atom is -0.457 e. The number of aliphatic hydroxyl groups excluding tert-OH is 7. The van der Waals surface area contributed by atoms with Gasteiger partial charge in [0.15, 0.2) is 12.6 Å². The van der Waals surface area contributed by atoms with Crippen LogP contribution >= 0.6 is 0 Å². The zero-order valence-corrected chi connectivity index (χ0v) is 45.5. The van der Waals surface area contributed by atoms with Crippen LogP contribution < -0.4 is 0 Å². The Balaban J connectivity index is 1.76. The standard InChI is InChI=1S/C61H98O14/c1-3-5-7-9-11-13-15-17-19-21-22-23-24-25-26-27-29-31-33-35-37-39-41-43-45-70-47-50(73-53(63)44-42-40-38-36-34-32-30-28-20-18-16-14-12-10-8-6-4-2)48-71-60-59(69)57(67)55(65)52(75-60)49-72-61-58(68)56(66)54(64)51(46-62)74-61/h5-8,11-14,17-20,22-23,25-26,29,31,35,37,50-52,54-62,64-69H,3-4,9-10,15-16,21,24,27-28,30,32-34,36,38-49H2,1-2H3/b7-5-,8-6-,13-11-,14-12-,19-17-,20-18-,23-22-,26-25-,31-29-,37-35-. The Morgan fingerprint density at radius 3 is 1.29 bits per heavy atom. The normalized spacial score (nSPS) is 25.6. The maximum absolute atomic E-state index is 13.1. The first-order valence-electron chi connectivity index (χ1n) is 28.1. The minimum atomic E-state index is -1.73. The summed E-state index contributed by atoms with van der Waals surface area (Å²) in [6.45, 7) is 3.30. The van der Waals surface area contributed by atoms with Gasteiger partial charge in [-0.2, -0.15) is 0 Å². The lowest BCUT2D eigenvalue weighted by Crippen LogP contribution is -2.61. The number of rotatable bonds is 43. The van der Waals surface area contributed by atoms with Gasteiger partial charge in [0.2, 0.25) is 0 Å². The molecule has 11 unspecified atom stereocenters. The number of hydrogen-bond acceptors (Lipinski definition) is 14. The van der Waals surface area contributed by atoms with Gasteiger partial charge in [0, 0.05) is 13.0 Å². The molecule has 2 aliphatic rings. The van der Waals surface area contributed by atoms with Gasteiger partial charge in [-0.05, 0) is 103 Å². The maximum Gasteiger partial charge on any atom is 0.306 e. The molecule has 7 N–H and O–H groups in total. The molecule has 0 aromatic rings. The number of carbonyl (C=O) groups is 1. The molecule has 11 atom stereocenters. The minimum absolute atomic E-state index is 0.0183. The van der Waals surface area contributed by atoms with Crippen molar-refractivity contribution in [3.63, 3.8) is 0 Å². The van der Waals surface area contributed by atoms with E-state index in [0.717, 1.165) is 116 Å². The predicted molar refractivity (Wildman–Crippen MR) is 297 cm³/mol. The molecule has 0 saturated carbocycles. The molecule has 0 aromatic carbocycles. The van der Waals surface area contributed by atoms with Crippen molar-refractivity contribution in [3.8, 4) is 0 Å². The topological polar surface area (TPSA) is 214 Å². The first-order chi connectivity index (χ1) is 36.6. The van der Waals surface area contributed by atoms with E-state index in [0.29, 0.717) is 13.0 Å². The van der Waals surface area contributed by atoms with Crippen LogP contribution in [0.15, 0.2) is 122 Å². The maximum atomic E-state index is 13.1. The van der Waals surface area contributed by atoms with Gasteiger partial charge in [-0.25, -0.2) is 0 Å². The fourth-order valence-electron chi connectivity index (χ4n) is 7.98. The number of esters is 1. The molecule has 2 fully saturated rings. The lowest BCUT2D eigenvalue weighted by Gasteiger charge is -2.42. The van der Waals surface area contributed by atoms with E-state index in [1.54, 1.807) is 0 Å². The summed E-state index contributed by atoms with van der Waals surface area (Å²) in [7, 11) is 0. The van der Waals surface area contributed by atoms with Crippen molar-refractivity contribution in [3.05, 3.63) is 122 Å². The number of hydrogen-bond donors (Lipinski definition) is 7. The highest BCUT2D eigenvalue weighted by Gasteiger charge is 2.47. The Hall–Kier alpha value is -3.61. The Kier molecular flexibility index (Phi) is 41.8. The van der Waals surface area contributed by atoms with Gasteiger partial charge in [-0.15, -0.1) is 0 Å². The van der Waals surface area contributed by atoms with Gasteiger partial charge in [0.1, 0.15) is 54.9 Å². The lowest BCUT2D eigenvalue weighted by atomic mass is 9.98. The van der Waals surface area contributed by atoms with E-state index in [9.17, 15) is 40.5 Å². The van der Waals surface area contributed by atoms with Crippen LogP contribution in [0.5, 0.6) is 0 Å². The van der Waals surface area contributed by atoms with Gasteiger partial charge >= 0.3 is 5.97 Å². The van der Waals surface area contributed by atoms with Crippen molar-refractivity contribution >= 4 is 5.97 Å². The number of unbranched alkanes of at least 4 members (excludes halogenated alkanes) is 9. The van der Waals surface area contributed by atoms with Crippen molar-refractivity contribution in [2.45, 2.75) is 223 Å². The molecule has 0 aromatic heterocycles. The van der Waals surface area contributed by atoms with E-state index in [1.165, 1.54) is 12.8 Å². The summed E-state index contributed by atoms with van der Waals surface area (Å²) in [6, 6.07) is 0. The fourth-order valence-corrected chi connectivity index (χ4v) is 7.98. The van der Waals surface area contributed by atoms with E-state index >= 15 is 0 Å². The van der Waals surface area contributed by atoms with E-state index in [-0.39, 0.29) is 19.6 Å². The van der Waals surface area contributed by atoms with Crippen LogP contribution in [0.1, 0.15) is 155 Å². The summed E-state index contributed by atoms with van der Waals surface area (Å²) in [5.74, 6) is -0.408. The quantitative estimate of drug-likeness (QED) is 0.0172. The third-order valence-electron chi connectivity index (χ3n) is 12.5. The first kappa shape index (κ1) is 67.5. The highest BCUT2D eigenvalue weighted by atomic mass is 16.7. The Bertz CT molecular complexity index is 1700. The molecule has 75 heavy (non-hydrogen) atoms. The molecule has 14 nitrogen and oxygen atoms in total. The van der Waals surface area contributed by atoms with Gasteiger partial charge in [0.05, 0.1) is 26.4 Å². The molecule has 2 saturated heterocycles. The largest absolute Gasteiger partial charge is 0.457 e.